The lowest BCUT2D eigenvalue weighted by Gasteiger charge is -2.24. The average Bonchev–Trinajstić information content (AvgIpc) is 2.57. The first-order chi connectivity index (χ1) is 7.85. The number of hydrogen-bond donors (Lipinski definition) is 1. The summed E-state index contributed by atoms with van der Waals surface area (Å²) < 4.78 is 5.27. The number of anilines is 1. The lowest BCUT2D eigenvalue weighted by molar-refractivity contribution is 0.0297. The maximum atomic E-state index is 11.8. The SMILES string of the molecule is CC(C)(C)OC(=O)N1Cc2ccc(Cl)cc2N1. The van der Waals surface area contributed by atoms with Crippen molar-refractivity contribution in [2.24, 2.45) is 0 Å². The second-order valence-corrected chi connectivity index (χ2v) is 5.42. The van der Waals surface area contributed by atoms with Gasteiger partial charge in [0.25, 0.3) is 0 Å². The van der Waals surface area contributed by atoms with Gasteiger partial charge in [-0.3, -0.25) is 5.43 Å². The van der Waals surface area contributed by atoms with Crippen LogP contribution < -0.4 is 5.43 Å². The molecule has 92 valence electrons. The molecule has 1 N–H and O–H groups in total. The second-order valence-electron chi connectivity index (χ2n) is 4.98. The highest BCUT2D eigenvalue weighted by molar-refractivity contribution is 6.30. The number of carbonyl (C=O) groups excluding carboxylic acids is 1. The van der Waals surface area contributed by atoms with E-state index in [2.05, 4.69) is 5.43 Å². The minimum atomic E-state index is -0.495. The molecule has 1 aromatic rings. The maximum absolute atomic E-state index is 11.8. The molecule has 0 aliphatic carbocycles. The van der Waals surface area contributed by atoms with Crippen molar-refractivity contribution in [2.45, 2.75) is 32.9 Å². The Hall–Kier alpha value is -1.42. The number of carbonyl (C=O) groups is 1. The molecule has 0 saturated carbocycles. The number of benzene rings is 1. The normalized spacial score (nSPS) is 14.2. The molecule has 0 spiro atoms. The highest BCUT2D eigenvalue weighted by Gasteiger charge is 2.27. The number of fused-ring (bicyclic) bond motifs is 1. The van der Waals surface area contributed by atoms with Crippen molar-refractivity contribution in [3.63, 3.8) is 0 Å². The number of hydrogen-bond acceptors (Lipinski definition) is 3. The number of nitrogens with zero attached hydrogens (tertiary/aromatic N) is 1. The third-order valence-electron chi connectivity index (χ3n) is 2.27. The summed E-state index contributed by atoms with van der Waals surface area (Å²) >= 11 is 5.88. The molecule has 0 fully saturated rings. The highest BCUT2D eigenvalue weighted by atomic mass is 35.5. The molecule has 0 bridgehead atoms. The Labute approximate surface area is 105 Å². The van der Waals surface area contributed by atoms with Gasteiger partial charge in [-0.1, -0.05) is 17.7 Å². The van der Waals surface area contributed by atoms with Gasteiger partial charge in [-0.25, -0.2) is 9.80 Å². The van der Waals surface area contributed by atoms with Crippen LogP contribution in [0.5, 0.6) is 0 Å². The van der Waals surface area contributed by atoms with Gasteiger partial charge in [0.1, 0.15) is 5.60 Å². The quantitative estimate of drug-likeness (QED) is 0.771. The minimum Gasteiger partial charge on any atom is -0.442 e. The van der Waals surface area contributed by atoms with Gasteiger partial charge in [0, 0.05) is 5.02 Å². The molecule has 1 aliphatic heterocycles. The van der Waals surface area contributed by atoms with E-state index in [1.54, 1.807) is 12.1 Å². The molecule has 2 rings (SSSR count). The Kier molecular flexibility index (Phi) is 2.91. The van der Waals surface area contributed by atoms with Crippen LogP contribution in [-0.2, 0) is 11.3 Å². The van der Waals surface area contributed by atoms with E-state index in [1.165, 1.54) is 5.01 Å². The maximum Gasteiger partial charge on any atom is 0.429 e. The molecule has 0 atom stereocenters. The fourth-order valence-corrected chi connectivity index (χ4v) is 1.75. The number of amides is 1. The first-order valence-electron chi connectivity index (χ1n) is 5.41. The Morgan fingerprint density at radius 3 is 2.82 bits per heavy atom. The van der Waals surface area contributed by atoms with E-state index in [0.29, 0.717) is 11.6 Å². The van der Waals surface area contributed by atoms with Crippen LogP contribution in [0, 0.1) is 0 Å². The molecule has 0 unspecified atom stereocenters. The van der Waals surface area contributed by atoms with Gasteiger partial charge in [-0.05, 0) is 38.5 Å². The van der Waals surface area contributed by atoms with E-state index < -0.39 is 5.60 Å². The molecule has 0 aromatic heterocycles. The standard InChI is InChI=1S/C12H15ClN2O2/c1-12(2,3)17-11(16)15-7-8-4-5-9(13)6-10(8)14-15/h4-6,14H,7H2,1-3H3. The summed E-state index contributed by atoms with van der Waals surface area (Å²) in [6, 6.07) is 5.50. The molecule has 17 heavy (non-hydrogen) atoms. The van der Waals surface area contributed by atoms with Gasteiger partial charge in [0.05, 0.1) is 12.2 Å². The topological polar surface area (TPSA) is 41.6 Å². The third-order valence-corrected chi connectivity index (χ3v) is 2.50. The molecule has 1 aliphatic rings. The minimum absolute atomic E-state index is 0.384. The van der Waals surface area contributed by atoms with Crippen LogP contribution in [0.1, 0.15) is 26.3 Å². The Balaban J connectivity index is 2.07. The molecule has 4 nitrogen and oxygen atoms in total. The predicted octanol–water partition coefficient (Wildman–Crippen LogP) is 3.42. The van der Waals surface area contributed by atoms with Crippen LogP contribution in [0.3, 0.4) is 0 Å². The summed E-state index contributed by atoms with van der Waals surface area (Å²) in [5, 5.41) is 2.08. The van der Waals surface area contributed by atoms with Crippen molar-refractivity contribution in [1.29, 1.82) is 0 Å². The second kappa shape index (κ2) is 4.11. The first-order valence-corrected chi connectivity index (χ1v) is 5.78. The zero-order valence-electron chi connectivity index (χ0n) is 10.1. The zero-order valence-corrected chi connectivity index (χ0v) is 10.8. The molecule has 0 saturated heterocycles. The molecule has 0 radical (unpaired) electrons. The van der Waals surface area contributed by atoms with Gasteiger partial charge in [-0.15, -0.1) is 0 Å². The van der Waals surface area contributed by atoms with Crippen LogP contribution in [-0.4, -0.2) is 16.7 Å². The number of halogens is 1. The summed E-state index contributed by atoms with van der Waals surface area (Å²) in [5.74, 6) is 0. The highest BCUT2D eigenvalue weighted by Crippen LogP contribution is 2.28. The molecular weight excluding hydrogens is 240 g/mol. The number of rotatable bonds is 0. The van der Waals surface area contributed by atoms with Crippen molar-refractivity contribution in [1.82, 2.24) is 5.01 Å². The van der Waals surface area contributed by atoms with Gasteiger partial charge in [0.2, 0.25) is 0 Å². The van der Waals surface area contributed by atoms with Crippen molar-refractivity contribution in [3.05, 3.63) is 28.8 Å². The summed E-state index contributed by atoms with van der Waals surface area (Å²) in [6.07, 6.45) is -0.384. The molecule has 1 heterocycles. The van der Waals surface area contributed by atoms with Crippen molar-refractivity contribution >= 4 is 23.4 Å². The monoisotopic (exact) mass is 254 g/mol. The number of ether oxygens (including phenoxy) is 1. The summed E-state index contributed by atoms with van der Waals surface area (Å²) in [5.41, 5.74) is 4.36. The average molecular weight is 255 g/mol. The largest absolute Gasteiger partial charge is 0.442 e. The van der Waals surface area contributed by atoms with E-state index in [0.717, 1.165) is 11.3 Å². The summed E-state index contributed by atoms with van der Waals surface area (Å²) in [7, 11) is 0. The van der Waals surface area contributed by atoms with E-state index in [1.807, 2.05) is 26.8 Å². The Morgan fingerprint density at radius 1 is 1.47 bits per heavy atom. The fourth-order valence-electron chi connectivity index (χ4n) is 1.57. The van der Waals surface area contributed by atoms with Gasteiger partial charge in [0.15, 0.2) is 0 Å². The molecular formula is C12H15ClN2O2. The molecule has 1 amide bonds. The van der Waals surface area contributed by atoms with Crippen LogP contribution in [0.4, 0.5) is 10.5 Å². The molecule has 5 heteroatoms. The summed E-state index contributed by atoms with van der Waals surface area (Å²) in [4.78, 5) is 11.8. The lowest BCUT2D eigenvalue weighted by atomic mass is 10.2. The van der Waals surface area contributed by atoms with Crippen LogP contribution in [0.25, 0.3) is 0 Å². The van der Waals surface area contributed by atoms with E-state index >= 15 is 0 Å². The number of hydrazine groups is 1. The van der Waals surface area contributed by atoms with E-state index in [4.69, 9.17) is 16.3 Å². The Morgan fingerprint density at radius 2 is 2.18 bits per heavy atom. The van der Waals surface area contributed by atoms with Crippen LogP contribution in [0.15, 0.2) is 18.2 Å². The van der Waals surface area contributed by atoms with Crippen molar-refractivity contribution in [3.8, 4) is 0 Å². The zero-order chi connectivity index (χ0) is 12.6. The Bertz CT molecular complexity index is 454. The van der Waals surface area contributed by atoms with Crippen molar-refractivity contribution in [2.75, 3.05) is 5.43 Å². The predicted molar refractivity (Wildman–Crippen MR) is 66.9 cm³/mol. The van der Waals surface area contributed by atoms with Crippen LogP contribution >= 0.6 is 11.6 Å². The van der Waals surface area contributed by atoms with Gasteiger partial charge in [-0.2, -0.15) is 0 Å². The van der Waals surface area contributed by atoms with Gasteiger partial charge < -0.3 is 4.74 Å². The fraction of sp³-hybridized carbons (Fsp3) is 0.417. The van der Waals surface area contributed by atoms with Gasteiger partial charge >= 0.3 is 6.09 Å². The van der Waals surface area contributed by atoms with Crippen molar-refractivity contribution < 1.29 is 9.53 Å². The van der Waals surface area contributed by atoms with Crippen LogP contribution in [0.2, 0.25) is 5.02 Å². The first kappa shape index (κ1) is 12.0. The lowest BCUT2D eigenvalue weighted by Crippen LogP contribution is -2.36. The third kappa shape index (κ3) is 2.82. The van der Waals surface area contributed by atoms with E-state index in [9.17, 15) is 4.79 Å². The molecule has 1 aromatic carbocycles. The number of nitrogens with one attached hydrogen (secondary N) is 1. The van der Waals surface area contributed by atoms with E-state index in [-0.39, 0.29) is 6.09 Å². The summed E-state index contributed by atoms with van der Waals surface area (Å²) in [6.45, 7) is 6.00. The smallest absolute Gasteiger partial charge is 0.429 e.